The van der Waals surface area contributed by atoms with Gasteiger partial charge < -0.3 is 10.1 Å². The Morgan fingerprint density at radius 1 is 1.39 bits per heavy atom. The molecule has 4 heteroatoms. The van der Waals surface area contributed by atoms with Gasteiger partial charge in [0.15, 0.2) is 11.6 Å². The Bertz CT molecular complexity index is 416. The van der Waals surface area contributed by atoms with Crippen molar-refractivity contribution in [3.8, 4) is 0 Å². The van der Waals surface area contributed by atoms with Crippen LogP contribution in [0.15, 0.2) is 18.2 Å². The maximum atomic E-state index is 13.3. The summed E-state index contributed by atoms with van der Waals surface area (Å²) in [7, 11) is 0. The molecule has 1 aliphatic heterocycles. The summed E-state index contributed by atoms with van der Waals surface area (Å²) in [5.41, 5.74) is 0.389. The maximum Gasteiger partial charge on any atom is 0.159 e. The Balaban J connectivity index is 2.31. The summed E-state index contributed by atoms with van der Waals surface area (Å²) in [6.07, 6.45) is 1.92. The standard InChI is InChI=1S/C14H19F2NO/c1-3-17-13(14(2)7-4-8-18-14)10-5-6-11(15)12(16)9-10/h5-6,9,13,17H,3-4,7-8H2,1-2H3. The molecule has 2 rings (SSSR count). The van der Waals surface area contributed by atoms with Crippen LogP contribution in [0.1, 0.15) is 38.3 Å². The molecule has 100 valence electrons. The van der Waals surface area contributed by atoms with Gasteiger partial charge in [-0.25, -0.2) is 8.78 Å². The first-order chi connectivity index (χ1) is 8.57. The smallest absolute Gasteiger partial charge is 0.159 e. The molecule has 1 N–H and O–H groups in total. The summed E-state index contributed by atoms with van der Waals surface area (Å²) in [6, 6.07) is 3.95. The van der Waals surface area contributed by atoms with E-state index in [1.54, 1.807) is 6.07 Å². The average molecular weight is 255 g/mol. The minimum absolute atomic E-state index is 0.111. The van der Waals surface area contributed by atoms with Gasteiger partial charge in [0.2, 0.25) is 0 Å². The van der Waals surface area contributed by atoms with Gasteiger partial charge in [-0.15, -0.1) is 0 Å². The van der Waals surface area contributed by atoms with Gasteiger partial charge in [0.1, 0.15) is 0 Å². The lowest BCUT2D eigenvalue weighted by atomic mass is 9.87. The first-order valence-corrected chi connectivity index (χ1v) is 6.39. The van der Waals surface area contributed by atoms with E-state index in [1.165, 1.54) is 12.1 Å². The average Bonchev–Trinajstić information content (AvgIpc) is 2.78. The molecule has 0 bridgehead atoms. The molecule has 0 radical (unpaired) electrons. The fourth-order valence-corrected chi connectivity index (χ4v) is 2.61. The van der Waals surface area contributed by atoms with Crippen LogP contribution in [0.5, 0.6) is 0 Å². The number of likely N-dealkylation sites (N-methyl/N-ethyl adjacent to an activating group) is 1. The molecule has 1 heterocycles. The summed E-state index contributed by atoms with van der Waals surface area (Å²) in [5.74, 6) is -1.62. The van der Waals surface area contributed by atoms with E-state index in [0.717, 1.165) is 31.6 Å². The summed E-state index contributed by atoms with van der Waals surface area (Å²) < 4.78 is 32.1. The predicted molar refractivity (Wildman–Crippen MR) is 66.4 cm³/mol. The minimum atomic E-state index is -0.813. The van der Waals surface area contributed by atoms with E-state index in [-0.39, 0.29) is 11.6 Å². The Labute approximate surface area is 106 Å². The molecule has 0 aliphatic carbocycles. The van der Waals surface area contributed by atoms with Crippen LogP contribution < -0.4 is 5.32 Å². The Morgan fingerprint density at radius 3 is 2.72 bits per heavy atom. The van der Waals surface area contributed by atoms with Crippen LogP contribution >= 0.6 is 0 Å². The molecule has 1 aromatic carbocycles. The lowest BCUT2D eigenvalue weighted by Gasteiger charge is -2.34. The van der Waals surface area contributed by atoms with Crippen LogP contribution in [-0.4, -0.2) is 18.8 Å². The molecule has 1 aliphatic rings. The Kier molecular flexibility index (Phi) is 3.97. The number of halogens is 2. The van der Waals surface area contributed by atoms with Gasteiger partial charge in [0.05, 0.1) is 11.6 Å². The van der Waals surface area contributed by atoms with Crippen molar-refractivity contribution in [3.63, 3.8) is 0 Å². The van der Waals surface area contributed by atoms with Crippen LogP contribution in [-0.2, 0) is 4.74 Å². The van der Waals surface area contributed by atoms with Gasteiger partial charge in [0.25, 0.3) is 0 Å². The molecular weight excluding hydrogens is 236 g/mol. The van der Waals surface area contributed by atoms with Crippen molar-refractivity contribution in [3.05, 3.63) is 35.4 Å². The lowest BCUT2D eigenvalue weighted by Crippen LogP contribution is -2.41. The summed E-state index contributed by atoms with van der Waals surface area (Å²) in [6.45, 7) is 5.49. The number of hydrogen-bond acceptors (Lipinski definition) is 2. The highest BCUT2D eigenvalue weighted by Crippen LogP contribution is 2.37. The fourth-order valence-electron chi connectivity index (χ4n) is 2.61. The molecule has 0 amide bonds. The number of ether oxygens (including phenoxy) is 1. The first-order valence-electron chi connectivity index (χ1n) is 6.39. The molecule has 2 atom stereocenters. The number of benzene rings is 1. The lowest BCUT2D eigenvalue weighted by molar-refractivity contribution is -0.0121. The van der Waals surface area contributed by atoms with Crippen LogP contribution in [0.2, 0.25) is 0 Å². The number of nitrogens with one attached hydrogen (secondary N) is 1. The SMILES string of the molecule is CCNC(c1ccc(F)c(F)c1)C1(C)CCCO1. The first kappa shape index (κ1) is 13.4. The van der Waals surface area contributed by atoms with Gasteiger partial charge >= 0.3 is 0 Å². The van der Waals surface area contributed by atoms with Crippen molar-refractivity contribution < 1.29 is 13.5 Å². The van der Waals surface area contributed by atoms with Crippen molar-refractivity contribution in [1.82, 2.24) is 5.32 Å². The van der Waals surface area contributed by atoms with Gasteiger partial charge in [-0.2, -0.15) is 0 Å². The van der Waals surface area contributed by atoms with E-state index in [0.29, 0.717) is 0 Å². The molecule has 1 fully saturated rings. The second-order valence-electron chi connectivity index (χ2n) is 4.93. The zero-order chi connectivity index (χ0) is 13.2. The molecule has 1 aromatic rings. The van der Waals surface area contributed by atoms with Gasteiger partial charge in [0, 0.05) is 6.61 Å². The van der Waals surface area contributed by atoms with E-state index < -0.39 is 11.6 Å². The second kappa shape index (κ2) is 5.33. The maximum absolute atomic E-state index is 13.3. The summed E-state index contributed by atoms with van der Waals surface area (Å²) in [5, 5.41) is 3.31. The topological polar surface area (TPSA) is 21.3 Å². The van der Waals surface area contributed by atoms with Crippen molar-refractivity contribution in [2.24, 2.45) is 0 Å². The molecule has 1 saturated heterocycles. The number of rotatable bonds is 4. The quantitative estimate of drug-likeness (QED) is 0.892. The monoisotopic (exact) mass is 255 g/mol. The normalized spacial score (nSPS) is 25.3. The highest BCUT2D eigenvalue weighted by molar-refractivity contribution is 5.24. The molecule has 0 aromatic heterocycles. The minimum Gasteiger partial charge on any atom is -0.373 e. The van der Waals surface area contributed by atoms with E-state index in [9.17, 15) is 8.78 Å². The molecular formula is C14H19F2NO. The Hall–Kier alpha value is -1.00. The fraction of sp³-hybridized carbons (Fsp3) is 0.571. The third-order valence-electron chi connectivity index (χ3n) is 3.55. The van der Waals surface area contributed by atoms with E-state index in [4.69, 9.17) is 4.74 Å². The van der Waals surface area contributed by atoms with Crippen LogP contribution in [0.4, 0.5) is 8.78 Å². The van der Waals surface area contributed by atoms with E-state index >= 15 is 0 Å². The zero-order valence-corrected chi connectivity index (χ0v) is 10.8. The second-order valence-corrected chi connectivity index (χ2v) is 4.93. The van der Waals surface area contributed by atoms with E-state index in [2.05, 4.69) is 5.32 Å². The molecule has 2 nitrogen and oxygen atoms in total. The van der Waals surface area contributed by atoms with E-state index in [1.807, 2.05) is 13.8 Å². The van der Waals surface area contributed by atoms with Crippen LogP contribution in [0.25, 0.3) is 0 Å². The van der Waals surface area contributed by atoms with Crippen LogP contribution in [0, 0.1) is 11.6 Å². The molecule has 2 unspecified atom stereocenters. The molecule has 0 saturated carbocycles. The van der Waals surface area contributed by atoms with Crippen molar-refractivity contribution in [2.45, 2.75) is 38.3 Å². The Morgan fingerprint density at radius 2 is 2.17 bits per heavy atom. The van der Waals surface area contributed by atoms with Gasteiger partial charge in [-0.1, -0.05) is 13.0 Å². The predicted octanol–water partition coefficient (Wildman–Crippen LogP) is 3.18. The summed E-state index contributed by atoms with van der Waals surface area (Å²) >= 11 is 0. The van der Waals surface area contributed by atoms with Crippen molar-refractivity contribution in [2.75, 3.05) is 13.2 Å². The highest BCUT2D eigenvalue weighted by Gasteiger charge is 2.39. The van der Waals surface area contributed by atoms with Crippen molar-refractivity contribution >= 4 is 0 Å². The largest absolute Gasteiger partial charge is 0.373 e. The third kappa shape index (κ3) is 2.54. The van der Waals surface area contributed by atoms with Crippen molar-refractivity contribution in [1.29, 1.82) is 0 Å². The summed E-state index contributed by atoms with van der Waals surface area (Å²) in [4.78, 5) is 0. The molecule has 0 spiro atoms. The molecule has 18 heavy (non-hydrogen) atoms. The van der Waals surface area contributed by atoms with Gasteiger partial charge in [-0.3, -0.25) is 0 Å². The highest BCUT2D eigenvalue weighted by atomic mass is 19.2. The third-order valence-corrected chi connectivity index (χ3v) is 3.55. The zero-order valence-electron chi connectivity index (χ0n) is 10.8. The number of hydrogen-bond donors (Lipinski definition) is 1. The van der Waals surface area contributed by atoms with Gasteiger partial charge in [-0.05, 0) is 44.0 Å². The van der Waals surface area contributed by atoms with Crippen LogP contribution in [0.3, 0.4) is 0 Å².